The summed E-state index contributed by atoms with van der Waals surface area (Å²) in [6.07, 6.45) is 1.49. The summed E-state index contributed by atoms with van der Waals surface area (Å²) in [5.41, 5.74) is 1.39. The molecule has 0 radical (unpaired) electrons. The molecule has 2 amide bonds. The molecule has 0 aliphatic carbocycles. The molecule has 1 fully saturated rings. The third-order valence-electron chi connectivity index (χ3n) is 4.21. The maximum Gasteiger partial charge on any atom is 0.335 e. The zero-order chi connectivity index (χ0) is 22.5. The molecule has 1 saturated heterocycles. The number of thioether (sulfide) groups is 1. The number of hydrogen-bond donors (Lipinski definition) is 1. The number of nitrogens with zero attached hydrogens (tertiary/aromatic N) is 1. The lowest BCUT2D eigenvalue weighted by molar-refractivity contribution is -0.143. The molecular formula is C21H16ClNO7S. The summed E-state index contributed by atoms with van der Waals surface area (Å²) in [6.45, 7) is -0.332. The fraction of sp³-hybridized carbons (Fsp3) is 0.143. The Bertz CT molecular complexity index is 1100. The van der Waals surface area contributed by atoms with Gasteiger partial charge in [0.1, 0.15) is 18.9 Å². The molecule has 8 nitrogen and oxygen atoms in total. The molecule has 0 bridgehead atoms. The Hall–Kier alpha value is -3.30. The number of imide groups is 1. The van der Waals surface area contributed by atoms with E-state index in [9.17, 15) is 19.2 Å². The summed E-state index contributed by atoms with van der Waals surface area (Å²) < 4.78 is 10.2. The van der Waals surface area contributed by atoms with E-state index in [0.29, 0.717) is 16.9 Å². The van der Waals surface area contributed by atoms with Crippen molar-refractivity contribution >= 4 is 52.5 Å². The number of ether oxygens (including phenoxy) is 2. The van der Waals surface area contributed by atoms with Crippen LogP contribution in [0.25, 0.3) is 6.08 Å². The SMILES string of the molecule is COC(=O)CN1C(=O)SC(=Cc2ccc(OCc3cccc(C(=O)O)c3)c(Cl)c2)C1=O. The van der Waals surface area contributed by atoms with Gasteiger partial charge in [-0.2, -0.15) is 0 Å². The molecule has 1 aliphatic heterocycles. The largest absolute Gasteiger partial charge is 0.487 e. The molecule has 0 spiro atoms. The van der Waals surface area contributed by atoms with Gasteiger partial charge in [-0.05, 0) is 53.2 Å². The monoisotopic (exact) mass is 461 g/mol. The smallest absolute Gasteiger partial charge is 0.335 e. The van der Waals surface area contributed by atoms with Gasteiger partial charge < -0.3 is 14.6 Å². The highest BCUT2D eigenvalue weighted by molar-refractivity contribution is 8.18. The summed E-state index contributed by atoms with van der Waals surface area (Å²) in [6, 6.07) is 11.2. The van der Waals surface area contributed by atoms with Crippen LogP contribution in [0.3, 0.4) is 0 Å². The molecule has 1 heterocycles. The molecule has 0 atom stereocenters. The number of halogens is 1. The first-order valence-corrected chi connectivity index (χ1v) is 10.0. The van der Waals surface area contributed by atoms with Gasteiger partial charge in [0.15, 0.2) is 0 Å². The van der Waals surface area contributed by atoms with Crippen LogP contribution in [-0.2, 0) is 20.9 Å². The molecule has 1 aliphatic rings. The first kappa shape index (κ1) is 22.4. The molecule has 10 heteroatoms. The number of carboxylic acids is 1. The summed E-state index contributed by atoms with van der Waals surface area (Å²) in [5, 5.41) is 8.77. The zero-order valence-electron chi connectivity index (χ0n) is 16.2. The molecule has 2 aromatic carbocycles. The average molecular weight is 462 g/mol. The summed E-state index contributed by atoms with van der Waals surface area (Å²) in [4.78, 5) is 47.7. The van der Waals surface area contributed by atoms with Crippen molar-refractivity contribution < 1.29 is 33.8 Å². The number of carbonyl (C=O) groups excluding carboxylic acids is 3. The Labute approximate surface area is 186 Å². The lowest BCUT2D eigenvalue weighted by atomic mass is 10.1. The van der Waals surface area contributed by atoms with Gasteiger partial charge in [-0.15, -0.1) is 0 Å². The minimum atomic E-state index is -1.03. The number of carboxylic acid groups (broad SMARTS) is 1. The summed E-state index contributed by atoms with van der Waals surface area (Å²) in [5.74, 6) is -1.93. The lowest BCUT2D eigenvalue weighted by Gasteiger charge is -2.10. The van der Waals surface area contributed by atoms with Crippen LogP contribution in [0.2, 0.25) is 5.02 Å². The summed E-state index contributed by atoms with van der Waals surface area (Å²) in [7, 11) is 1.17. The van der Waals surface area contributed by atoms with Gasteiger partial charge >= 0.3 is 11.9 Å². The Morgan fingerprint density at radius 2 is 1.97 bits per heavy atom. The number of amides is 2. The quantitative estimate of drug-likeness (QED) is 0.489. The van der Waals surface area contributed by atoms with Crippen LogP contribution in [0.4, 0.5) is 4.79 Å². The van der Waals surface area contributed by atoms with Gasteiger partial charge in [0, 0.05) is 0 Å². The zero-order valence-corrected chi connectivity index (χ0v) is 17.7. The van der Waals surface area contributed by atoms with Crippen molar-refractivity contribution in [2.24, 2.45) is 0 Å². The number of aromatic carboxylic acids is 1. The van der Waals surface area contributed by atoms with Crippen LogP contribution < -0.4 is 4.74 Å². The summed E-state index contributed by atoms with van der Waals surface area (Å²) >= 11 is 6.98. The van der Waals surface area contributed by atoms with Gasteiger partial charge in [0.05, 0.1) is 22.6 Å². The van der Waals surface area contributed by atoms with E-state index in [1.807, 2.05) is 0 Å². The van der Waals surface area contributed by atoms with Crippen molar-refractivity contribution in [1.29, 1.82) is 0 Å². The third kappa shape index (κ3) is 5.44. The van der Waals surface area contributed by atoms with E-state index in [0.717, 1.165) is 16.7 Å². The maximum atomic E-state index is 12.4. The van der Waals surface area contributed by atoms with Crippen molar-refractivity contribution in [1.82, 2.24) is 4.90 Å². The predicted molar refractivity (Wildman–Crippen MR) is 114 cm³/mol. The maximum absolute atomic E-state index is 12.4. The van der Waals surface area contributed by atoms with E-state index in [-0.39, 0.29) is 22.1 Å². The van der Waals surface area contributed by atoms with Crippen LogP contribution in [-0.4, -0.2) is 46.7 Å². The van der Waals surface area contributed by atoms with E-state index < -0.39 is 29.6 Å². The molecule has 2 aromatic rings. The lowest BCUT2D eigenvalue weighted by Crippen LogP contribution is -2.34. The van der Waals surface area contributed by atoms with Gasteiger partial charge in [0.25, 0.3) is 11.1 Å². The molecule has 3 rings (SSSR count). The molecule has 0 unspecified atom stereocenters. The highest BCUT2D eigenvalue weighted by atomic mass is 35.5. The van der Waals surface area contributed by atoms with E-state index in [2.05, 4.69) is 4.74 Å². The van der Waals surface area contributed by atoms with Crippen LogP contribution in [0.15, 0.2) is 47.4 Å². The third-order valence-corrected chi connectivity index (χ3v) is 5.41. The number of benzene rings is 2. The Balaban J connectivity index is 1.70. The minimum absolute atomic E-state index is 0.118. The van der Waals surface area contributed by atoms with Crippen molar-refractivity contribution in [3.8, 4) is 5.75 Å². The van der Waals surface area contributed by atoms with Gasteiger partial charge in [-0.1, -0.05) is 29.8 Å². The molecule has 31 heavy (non-hydrogen) atoms. The fourth-order valence-electron chi connectivity index (χ4n) is 2.66. The Morgan fingerprint density at radius 3 is 2.65 bits per heavy atom. The number of carbonyl (C=O) groups is 4. The van der Waals surface area contributed by atoms with Crippen LogP contribution in [0, 0.1) is 0 Å². The van der Waals surface area contributed by atoms with E-state index >= 15 is 0 Å². The highest BCUT2D eigenvalue weighted by Gasteiger charge is 2.36. The Kier molecular flexibility index (Phi) is 6.98. The molecule has 1 N–H and O–H groups in total. The van der Waals surface area contributed by atoms with Gasteiger partial charge in [-0.25, -0.2) is 4.79 Å². The second-order valence-electron chi connectivity index (χ2n) is 6.33. The average Bonchev–Trinajstić information content (AvgIpc) is 3.00. The molecular weight excluding hydrogens is 446 g/mol. The molecule has 0 aromatic heterocycles. The second-order valence-corrected chi connectivity index (χ2v) is 7.73. The number of hydrogen-bond acceptors (Lipinski definition) is 7. The topological polar surface area (TPSA) is 110 Å². The number of rotatable bonds is 7. The molecule has 0 saturated carbocycles. The highest BCUT2D eigenvalue weighted by Crippen LogP contribution is 2.34. The predicted octanol–water partition coefficient (Wildman–Crippen LogP) is 3.83. The second kappa shape index (κ2) is 9.67. The standard InChI is InChI=1S/C21H16ClNO7S/c1-29-18(24)10-23-19(25)17(31-21(23)28)9-12-5-6-16(15(22)8-12)30-11-13-3-2-4-14(7-13)20(26)27/h2-9H,10-11H2,1H3,(H,26,27). The van der Waals surface area contributed by atoms with Crippen molar-refractivity contribution in [2.45, 2.75) is 6.61 Å². The first-order valence-electron chi connectivity index (χ1n) is 8.85. The first-order chi connectivity index (χ1) is 14.8. The van der Waals surface area contributed by atoms with Crippen molar-refractivity contribution in [3.05, 3.63) is 69.1 Å². The van der Waals surface area contributed by atoms with Crippen molar-refractivity contribution in [2.75, 3.05) is 13.7 Å². The normalized spacial score (nSPS) is 14.8. The van der Waals surface area contributed by atoms with Crippen molar-refractivity contribution in [3.63, 3.8) is 0 Å². The minimum Gasteiger partial charge on any atom is -0.487 e. The van der Waals surface area contributed by atoms with Gasteiger partial charge in [-0.3, -0.25) is 19.3 Å². The fourth-order valence-corrected chi connectivity index (χ4v) is 3.74. The van der Waals surface area contributed by atoms with E-state index in [4.69, 9.17) is 21.4 Å². The number of methoxy groups -OCH3 is 1. The number of esters is 1. The van der Waals surface area contributed by atoms with Gasteiger partial charge in [0.2, 0.25) is 0 Å². The van der Waals surface area contributed by atoms with E-state index in [1.54, 1.807) is 30.3 Å². The molecule has 160 valence electrons. The van der Waals surface area contributed by atoms with Crippen LogP contribution in [0.5, 0.6) is 5.75 Å². The van der Waals surface area contributed by atoms with Crippen LogP contribution in [0.1, 0.15) is 21.5 Å². The van der Waals surface area contributed by atoms with Crippen LogP contribution >= 0.6 is 23.4 Å². The van der Waals surface area contributed by atoms with E-state index in [1.165, 1.54) is 25.3 Å². The Morgan fingerprint density at radius 1 is 1.19 bits per heavy atom.